The van der Waals surface area contributed by atoms with E-state index in [4.69, 9.17) is 9.84 Å². The molecule has 2 rings (SSSR count). The molecule has 6 nitrogen and oxygen atoms in total. The van der Waals surface area contributed by atoms with Crippen LogP contribution >= 0.6 is 0 Å². The highest BCUT2D eigenvalue weighted by Gasteiger charge is 2.18. The van der Waals surface area contributed by atoms with Crippen LogP contribution < -0.4 is 9.64 Å². The molecule has 0 radical (unpaired) electrons. The molecule has 0 fully saturated rings. The standard InChI is InChI=1S/C15H15FN2O4/c1-22-12-4-2-10(3-5-12)8-18(15(20)21)14-6-11(9-19)13(16)7-17-14/h2-7,19H,8-9H2,1H3,(H,20,21). The number of halogens is 1. The number of carbonyl (C=O) groups is 1. The first kappa shape index (κ1) is 15.7. The van der Waals surface area contributed by atoms with Crippen LogP contribution in [0.4, 0.5) is 15.0 Å². The van der Waals surface area contributed by atoms with E-state index in [-0.39, 0.29) is 17.9 Å². The number of ether oxygens (including phenoxy) is 1. The van der Waals surface area contributed by atoms with Gasteiger partial charge in [0.15, 0.2) is 0 Å². The van der Waals surface area contributed by atoms with E-state index in [1.165, 1.54) is 13.2 Å². The van der Waals surface area contributed by atoms with Gasteiger partial charge in [0.2, 0.25) is 0 Å². The molecule has 7 heteroatoms. The van der Waals surface area contributed by atoms with Crippen LogP contribution in [0.1, 0.15) is 11.1 Å². The predicted octanol–water partition coefficient (Wildman–Crippen LogP) is 2.41. The number of anilines is 1. The smallest absolute Gasteiger partial charge is 0.413 e. The number of benzene rings is 1. The molecule has 1 amide bonds. The molecule has 1 aromatic heterocycles. The zero-order chi connectivity index (χ0) is 16.1. The van der Waals surface area contributed by atoms with E-state index in [1.54, 1.807) is 24.3 Å². The molecular weight excluding hydrogens is 291 g/mol. The molecule has 2 N–H and O–H groups in total. The molecule has 22 heavy (non-hydrogen) atoms. The van der Waals surface area contributed by atoms with E-state index >= 15 is 0 Å². The Morgan fingerprint density at radius 3 is 2.59 bits per heavy atom. The van der Waals surface area contributed by atoms with Crippen molar-refractivity contribution in [3.05, 3.63) is 53.5 Å². The molecule has 0 bridgehead atoms. The number of hydrogen-bond donors (Lipinski definition) is 2. The minimum Gasteiger partial charge on any atom is -0.497 e. The second kappa shape index (κ2) is 6.86. The summed E-state index contributed by atoms with van der Waals surface area (Å²) in [4.78, 5) is 16.2. The second-order valence-electron chi connectivity index (χ2n) is 4.51. The Balaban J connectivity index is 2.27. The fourth-order valence-corrected chi connectivity index (χ4v) is 1.90. The first-order chi connectivity index (χ1) is 10.5. The zero-order valence-electron chi connectivity index (χ0n) is 11.9. The van der Waals surface area contributed by atoms with Gasteiger partial charge in [0.25, 0.3) is 0 Å². The second-order valence-corrected chi connectivity index (χ2v) is 4.51. The number of hydrogen-bond acceptors (Lipinski definition) is 4. The number of aromatic nitrogens is 1. The number of aliphatic hydroxyl groups excluding tert-OH is 1. The SMILES string of the molecule is COc1ccc(CN(C(=O)O)c2cc(CO)c(F)cn2)cc1. The van der Waals surface area contributed by atoms with Crippen LogP contribution in [0.2, 0.25) is 0 Å². The van der Waals surface area contributed by atoms with Crippen molar-refractivity contribution in [2.45, 2.75) is 13.2 Å². The van der Waals surface area contributed by atoms with Crippen LogP contribution in [0.25, 0.3) is 0 Å². The Kier molecular flexibility index (Phi) is 4.90. The Morgan fingerprint density at radius 2 is 2.05 bits per heavy atom. The quantitative estimate of drug-likeness (QED) is 0.886. The highest BCUT2D eigenvalue weighted by Crippen LogP contribution is 2.20. The molecule has 0 saturated heterocycles. The lowest BCUT2D eigenvalue weighted by molar-refractivity contribution is 0.201. The van der Waals surface area contributed by atoms with Gasteiger partial charge in [0.1, 0.15) is 17.4 Å². The molecule has 116 valence electrons. The number of rotatable bonds is 5. The van der Waals surface area contributed by atoms with E-state index in [2.05, 4.69) is 4.98 Å². The lowest BCUT2D eigenvalue weighted by Gasteiger charge is -2.19. The number of methoxy groups -OCH3 is 1. The van der Waals surface area contributed by atoms with Crippen molar-refractivity contribution in [3.63, 3.8) is 0 Å². The molecule has 0 atom stereocenters. The van der Waals surface area contributed by atoms with Crippen molar-refractivity contribution < 1.29 is 24.1 Å². The normalized spacial score (nSPS) is 10.3. The molecule has 0 saturated carbocycles. The summed E-state index contributed by atoms with van der Waals surface area (Å²) in [6.07, 6.45) is -0.330. The van der Waals surface area contributed by atoms with Gasteiger partial charge >= 0.3 is 6.09 Å². The zero-order valence-corrected chi connectivity index (χ0v) is 11.9. The number of nitrogens with zero attached hydrogens (tertiary/aromatic N) is 2. The van der Waals surface area contributed by atoms with Crippen molar-refractivity contribution in [2.75, 3.05) is 12.0 Å². The van der Waals surface area contributed by atoms with Gasteiger partial charge in [-0.05, 0) is 23.8 Å². The van der Waals surface area contributed by atoms with Gasteiger partial charge in [-0.1, -0.05) is 12.1 Å². The molecule has 0 spiro atoms. The van der Waals surface area contributed by atoms with Gasteiger partial charge < -0.3 is 14.9 Å². The molecule has 1 heterocycles. The summed E-state index contributed by atoms with van der Waals surface area (Å²) >= 11 is 0. The van der Waals surface area contributed by atoms with Crippen LogP contribution in [-0.4, -0.2) is 28.4 Å². The Hall–Kier alpha value is -2.67. The molecular formula is C15H15FN2O4. The van der Waals surface area contributed by atoms with Gasteiger partial charge in [0.05, 0.1) is 26.5 Å². The van der Waals surface area contributed by atoms with Crippen LogP contribution in [-0.2, 0) is 13.2 Å². The molecule has 1 aromatic carbocycles. The van der Waals surface area contributed by atoms with Gasteiger partial charge in [-0.15, -0.1) is 0 Å². The van der Waals surface area contributed by atoms with Crippen molar-refractivity contribution in [1.82, 2.24) is 4.98 Å². The summed E-state index contributed by atoms with van der Waals surface area (Å²) in [6, 6.07) is 8.10. The first-order valence-electron chi connectivity index (χ1n) is 6.44. The van der Waals surface area contributed by atoms with E-state index in [9.17, 15) is 14.3 Å². The van der Waals surface area contributed by atoms with Gasteiger partial charge in [-0.25, -0.2) is 14.2 Å². The Labute approximate surface area is 126 Å². The minimum absolute atomic E-state index is 0.00835. The van der Waals surface area contributed by atoms with Crippen LogP contribution in [0, 0.1) is 5.82 Å². The number of carboxylic acid groups (broad SMARTS) is 1. The molecule has 2 aromatic rings. The largest absolute Gasteiger partial charge is 0.497 e. The Bertz CT molecular complexity index is 661. The predicted molar refractivity (Wildman–Crippen MR) is 77.3 cm³/mol. The van der Waals surface area contributed by atoms with Gasteiger partial charge in [-0.3, -0.25) is 4.90 Å². The van der Waals surface area contributed by atoms with Crippen LogP contribution in [0.5, 0.6) is 5.75 Å². The monoisotopic (exact) mass is 306 g/mol. The number of pyridine rings is 1. The highest BCUT2D eigenvalue weighted by molar-refractivity contribution is 5.84. The summed E-state index contributed by atoms with van der Waals surface area (Å²) in [6.45, 7) is -0.486. The summed E-state index contributed by atoms with van der Waals surface area (Å²) < 4.78 is 18.4. The average molecular weight is 306 g/mol. The third-order valence-corrected chi connectivity index (χ3v) is 3.10. The first-order valence-corrected chi connectivity index (χ1v) is 6.44. The fraction of sp³-hybridized carbons (Fsp3) is 0.200. The van der Waals surface area contributed by atoms with Crippen LogP contribution in [0.3, 0.4) is 0 Å². The average Bonchev–Trinajstić information content (AvgIpc) is 2.53. The summed E-state index contributed by atoms with van der Waals surface area (Å²) in [5.74, 6) is 0.0305. The van der Waals surface area contributed by atoms with E-state index in [1.807, 2.05) is 0 Å². The molecule has 0 unspecified atom stereocenters. The third-order valence-electron chi connectivity index (χ3n) is 3.10. The lowest BCUT2D eigenvalue weighted by Crippen LogP contribution is -2.29. The third kappa shape index (κ3) is 3.50. The minimum atomic E-state index is -1.22. The highest BCUT2D eigenvalue weighted by atomic mass is 19.1. The van der Waals surface area contributed by atoms with E-state index in [0.29, 0.717) is 5.75 Å². The van der Waals surface area contributed by atoms with Gasteiger partial charge in [0, 0.05) is 5.56 Å². The van der Waals surface area contributed by atoms with Crippen molar-refractivity contribution >= 4 is 11.9 Å². The lowest BCUT2D eigenvalue weighted by atomic mass is 10.2. The maximum atomic E-state index is 13.3. The van der Waals surface area contributed by atoms with Crippen molar-refractivity contribution in [3.8, 4) is 5.75 Å². The maximum Gasteiger partial charge on any atom is 0.413 e. The fourth-order valence-electron chi connectivity index (χ4n) is 1.90. The van der Waals surface area contributed by atoms with Gasteiger partial charge in [-0.2, -0.15) is 0 Å². The van der Waals surface area contributed by atoms with E-state index in [0.717, 1.165) is 16.7 Å². The summed E-state index contributed by atoms with van der Waals surface area (Å²) in [7, 11) is 1.54. The van der Waals surface area contributed by atoms with Crippen molar-refractivity contribution in [2.24, 2.45) is 0 Å². The summed E-state index contributed by atoms with van der Waals surface area (Å²) in [5.41, 5.74) is 0.714. The van der Waals surface area contributed by atoms with Crippen molar-refractivity contribution in [1.29, 1.82) is 0 Å². The number of amides is 1. The maximum absolute atomic E-state index is 13.3. The summed E-state index contributed by atoms with van der Waals surface area (Å²) in [5, 5.41) is 18.4. The Morgan fingerprint density at radius 1 is 1.36 bits per heavy atom. The topological polar surface area (TPSA) is 82.9 Å². The molecule has 0 aliphatic heterocycles. The number of aliphatic hydroxyl groups is 1. The van der Waals surface area contributed by atoms with E-state index < -0.39 is 18.5 Å². The molecule has 0 aliphatic rings. The van der Waals surface area contributed by atoms with Crippen LogP contribution in [0.15, 0.2) is 36.5 Å². The molecule has 0 aliphatic carbocycles.